The summed E-state index contributed by atoms with van der Waals surface area (Å²) >= 11 is 2.27. The van der Waals surface area contributed by atoms with Gasteiger partial charge in [-0.15, -0.1) is 0 Å². The number of rotatable bonds is 3. The fourth-order valence-corrected chi connectivity index (χ4v) is 2.05. The van der Waals surface area contributed by atoms with E-state index in [-0.39, 0.29) is 0 Å². The zero-order valence-corrected chi connectivity index (χ0v) is 9.61. The molecule has 0 spiro atoms. The topological polar surface area (TPSA) is 27.1 Å². The Balaban J connectivity index is 1.78. The molecule has 2 rings (SSSR count). The van der Waals surface area contributed by atoms with Crippen LogP contribution in [-0.4, -0.2) is 22.5 Å². The van der Waals surface area contributed by atoms with Crippen LogP contribution in [0.3, 0.4) is 0 Å². The van der Waals surface area contributed by atoms with E-state index in [0.717, 1.165) is 19.6 Å². The molecule has 72 valence electrons. The zero-order chi connectivity index (χ0) is 9.10. The van der Waals surface area contributed by atoms with Gasteiger partial charge in [0.25, 0.3) is 0 Å². The van der Waals surface area contributed by atoms with E-state index in [0.29, 0.717) is 6.10 Å². The lowest BCUT2D eigenvalue weighted by atomic mass is 10.2. The van der Waals surface area contributed by atoms with E-state index in [9.17, 15) is 0 Å². The number of hydrogen-bond acceptors (Lipinski definition) is 2. The molecule has 0 saturated carbocycles. The summed E-state index contributed by atoms with van der Waals surface area (Å²) in [5.41, 5.74) is 0. The predicted molar refractivity (Wildman–Crippen MR) is 58.5 cm³/mol. The lowest BCUT2D eigenvalue weighted by Gasteiger charge is -2.08. The highest BCUT2D eigenvalue weighted by Gasteiger charge is 2.14. The van der Waals surface area contributed by atoms with E-state index < -0.39 is 0 Å². The van der Waals surface area contributed by atoms with Gasteiger partial charge in [0.2, 0.25) is 0 Å². The largest absolute Gasteiger partial charge is 0.378 e. The molecule has 1 aliphatic heterocycles. The van der Waals surface area contributed by atoms with Gasteiger partial charge >= 0.3 is 0 Å². The second-order valence-electron chi connectivity index (χ2n) is 3.35. The average Bonchev–Trinajstić information content (AvgIpc) is 2.71. The van der Waals surface area contributed by atoms with E-state index in [1.165, 1.54) is 16.4 Å². The lowest BCUT2D eigenvalue weighted by molar-refractivity contribution is 0.0994. The summed E-state index contributed by atoms with van der Waals surface area (Å²) in [6.45, 7) is 1.93. The number of hydrogen-bond donors (Lipinski definition) is 0. The van der Waals surface area contributed by atoms with Crippen molar-refractivity contribution in [3.8, 4) is 0 Å². The monoisotopic (exact) mass is 292 g/mol. The zero-order valence-electron chi connectivity index (χ0n) is 7.45. The van der Waals surface area contributed by atoms with E-state index in [4.69, 9.17) is 4.74 Å². The van der Waals surface area contributed by atoms with Crippen LogP contribution < -0.4 is 0 Å². The van der Waals surface area contributed by atoms with Crippen LogP contribution in [0.15, 0.2) is 12.4 Å². The molecule has 1 unspecified atom stereocenters. The van der Waals surface area contributed by atoms with Gasteiger partial charge in [-0.3, -0.25) is 4.68 Å². The van der Waals surface area contributed by atoms with Crippen molar-refractivity contribution in [2.45, 2.75) is 31.9 Å². The summed E-state index contributed by atoms with van der Waals surface area (Å²) in [5, 5.41) is 4.23. The van der Waals surface area contributed by atoms with Crippen molar-refractivity contribution in [1.29, 1.82) is 0 Å². The maximum absolute atomic E-state index is 5.54. The summed E-state index contributed by atoms with van der Waals surface area (Å²) in [6, 6.07) is 0. The van der Waals surface area contributed by atoms with Crippen LogP contribution in [0.25, 0.3) is 0 Å². The van der Waals surface area contributed by atoms with Crippen LogP contribution in [-0.2, 0) is 11.3 Å². The van der Waals surface area contributed by atoms with Crippen molar-refractivity contribution < 1.29 is 4.74 Å². The van der Waals surface area contributed by atoms with Crippen LogP contribution in [0, 0.1) is 3.57 Å². The third kappa shape index (κ3) is 2.67. The molecule has 4 heteroatoms. The van der Waals surface area contributed by atoms with Gasteiger partial charge < -0.3 is 4.74 Å². The van der Waals surface area contributed by atoms with Gasteiger partial charge in [-0.2, -0.15) is 5.10 Å². The normalized spacial score (nSPS) is 22.4. The Morgan fingerprint density at radius 2 is 2.62 bits per heavy atom. The van der Waals surface area contributed by atoms with Crippen molar-refractivity contribution in [3.05, 3.63) is 16.0 Å². The highest BCUT2D eigenvalue weighted by molar-refractivity contribution is 14.1. The highest BCUT2D eigenvalue weighted by atomic mass is 127. The Hall–Kier alpha value is -0.100. The second kappa shape index (κ2) is 4.41. The second-order valence-corrected chi connectivity index (χ2v) is 4.59. The molecule has 3 nitrogen and oxygen atoms in total. The number of aryl methyl sites for hydroxylation is 1. The van der Waals surface area contributed by atoms with Crippen molar-refractivity contribution in [1.82, 2.24) is 9.78 Å². The Labute approximate surface area is 91.6 Å². The molecular formula is C9H13IN2O. The Morgan fingerprint density at radius 1 is 1.69 bits per heavy atom. The number of aromatic nitrogens is 2. The van der Waals surface area contributed by atoms with Crippen molar-refractivity contribution in [2.24, 2.45) is 0 Å². The van der Waals surface area contributed by atoms with Gasteiger partial charge in [0.05, 0.1) is 15.9 Å². The summed E-state index contributed by atoms with van der Waals surface area (Å²) in [5.74, 6) is 0. The van der Waals surface area contributed by atoms with Crippen LogP contribution in [0.4, 0.5) is 0 Å². The highest BCUT2D eigenvalue weighted by Crippen LogP contribution is 2.15. The first-order valence-electron chi connectivity index (χ1n) is 4.64. The molecule has 0 aromatic carbocycles. The first kappa shape index (κ1) is 9.45. The molecule has 0 N–H and O–H groups in total. The first-order valence-corrected chi connectivity index (χ1v) is 5.72. The average molecular weight is 292 g/mol. The SMILES string of the molecule is Ic1cnn(CCC2CCCO2)c1. The van der Waals surface area contributed by atoms with Crippen molar-refractivity contribution >= 4 is 22.6 Å². The molecule has 1 atom stereocenters. The van der Waals surface area contributed by atoms with Crippen LogP contribution in [0.5, 0.6) is 0 Å². The standard InChI is InChI=1S/C9H13IN2O/c10-8-6-11-12(7-8)4-3-9-2-1-5-13-9/h6-7,9H,1-5H2. The predicted octanol–water partition coefficient (Wildman–Crippen LogP) is 2.06. The molecule has 1 saturated heterocycles. The van der Waals surface area contributed by atoms with E-state index >= 15 is 0 Å². The molecular weight excluding hydrogens is 279 g/mol. The Morgan fingerprint density at radius 3 is 3.23 bits per heavy atom. The number of nitrogens with zero attached hydrogens (tertiary/aromatic N) is 2. The quantitative estimate of drug-likeness (QED) is 0.797. The summed E-state index contributed by atoms with van der Waals surface area (Å²) in [4.78, 5) is 0. The molecule has 13 heavy (non-hydrogen) atoms. The van der Waals surface area contributed by atoms with Crippen molar-refractivity contribution in [2.75, 3.05) is 6.61 Å². The molecule has 0 radical (unpaired) electrons. The summed E-state index contributed by atoms with van der Waals surface area (Å²) < 4.78 is 8.73. The fourth-order valence-electron chi connectivity index (χ4n) is 1.61. The summed E-state index contributed by atoms with van der Waals surface area (Å²) in [6.07, 6.45) is 7.96. The van der Waals surface area contributed by atoms with E-state index in [1.54, 1.807) is 0 Å². The molecule has 0 amide bonds. The van der Waals surface area contributed by atoms with Gasteiger partial charge in [0, 0.05) is 19.3 Å². The molecule has 1 aromatic rings. The minimum Gasteiger partial charge on any atom is -0.378 e. The Bertz CT molecular complexity index is 268. The van der Waals surface area contributed by atoms with Crippen LogP contribution in [0.2, 0.25) is 0 Å². The minimum atomic E-state index is 0.474. The maximum Gasteiger partial charge on any atom is 0.0623 e. The molecule has 1 aliphatic rings. The first-order chi connectivity index (χ1) is 6.34. The molecule has 0 bridgehead atoms. The van der Waals surface area contributed by atoms with Gasteiger partial charge in [-0.25, -0.2) is 0 Å². The van der Waals surface area contributed by atoms with Gasteiger partial charge in [-0.1, -0.05) is 0 Å². The molecule has 1 aromatic heterocycles. The summed E-state index contributed by atoms with van der Waals surface area (Å²) in [7, 11) is 0. The lowest BCUT2D eigenvalue weighted by Crippen LogP contribution is -2.10. The van der Waals surface area contributed by atoms with Crippen LogP contribution >= 0.6 is 22.6 Å². The Kier molecular flexibility index (Phi) is 3.21. The van der Waals surface area contributed by atoms with E-state index in [2.05, 4.69) is 33.9 Å². The maximum atomic E-state index is 5.54. The smallest absolute Gasteiger partial charge is 0.0623 e. The number of halogens is 1. The van der Waals surface area contributed by atoms with Gasteiger partial charge in [-0.05, 0) is 41.9 Å². The third-order valence-electron chi connectivity index (χ3n) is 2.31. The molecule has 1 fully saturated rings. The van der Waals surface area contributed by atoms with Crippen molar-refractivity contribution in [3.63, 3.8) is 0 Å². The van der Waals surface area contributed by atoms with Crippen LogP contribution in [0.1, 0.15) is 19.3 Å². The fraction of sp³-hybridized carbons (Fsp3) is 0.667. The molecule has 0 aliphatic carbocycles. The number of ether oxygens (including phenoxy) is 1. The van der Waals surface area contributed by atoms with Gasteiger partial charge in [0.1, 0.15) is 0 Å². The van der Waals surface area contributed by atoms with Gasteiger partial charge in [0.15, 0.2) is 0 Å². The third-order valence-corrected chi connectivity index (χ3v) is 2.86. The van der Waals surface area contributed by atoms with E-state index in [1.807, 2.05) is 10.9 Å². The minimum absolute atomic E-state index is 0.474. The molecule has 2 heterocycles.